The number of benzene rings is 2. The van der Waals surface area contributed by atoms with E-state index in [1.807, 2.05) is 0 Å². The molecule has 0 fully saturated rings. The van der Waals surface area contributed by atoms with Gasteiger partial charge >= 0.3 is 0 Å². The molecular weight excluding hydrogens is 426 g/mol. The zero-order chi connectivity index (χ0) is 21.3. The van der Waals surface area contributed by atoms with Crippen molar-refractivity contribution in [2.75, 3.05) is 0 Å². The molecule has 1 aromatic heterocycles. The molecule has 3 rings (SSSR count). The van der Waals surface area contributed by atoms with E-state index in [2.05, 4.69) is 5.10 Å². The number of rotatable bonds is 6. The van der Waals surface area contributed by atoms with Gasteiger partial charge < -0.3 is 5.73 Å². The lowest BCUT2D eigenvalue weighted by Crippen LogP contribution is -2.24. The summed E-state index contributed by atoms with van der Waals surface area (Å²) in [5.74, 6) is -1.81. The summed E-state index contributed by atoms with van der Waals surface area (Å²) in [6, 6.07) is 10.4. The van der Waals surface area contributed by atoms with Crippen molar-refractivity contribution < 1.29 is 22.0 Å². The van der Waals surface area contributed by atoms with Crippen molar-refractivity contribution in [3.8, 4) is 5.69 Å². The molecule has 11 heteroatoms. The topological polar surface area (TPSA) is 121 Å². The molecule has 29 heavy (non-hydrogen) atoms. The van der Waals surface area contributed by atoms with E-state index in [9.17, 15) is 22.0 Å². The number of nitrogens with two attached hydrogens (primary N) is 2. The number of carbonyl (C=O) groups excluding carboxylic acids is 1. The average molecular weight is 441 g/mol. The first-order valence-electron chi connectivity index (χ1n) is 8.13. The molecule has 0 radical (unpaired) electrons. The molecule has 0 aliphatic heterocycles. The van der Waals surface area contributed by atoms with Crippen LogP contribution in [0, 0.1) is 0 Å². The van der Waals surface area contributed by atoms with E-state index in [4.69, 9.17) is 22.5 Å². The van der Waals surface area contributed by atoms with Gasteiger partial charge in [0.1, 0.15) is 4.90 Å². The van der Waals surface area contributed by atoms with Gasteiger partial charge in [0.05, 0.1) is 23.4 Å². The standard InChI is InChI=1S/C18H15ClF2N4O3S/c19-13-4-2-1-3-12(13)16(18(22)26)10-5-6-14(15(7-10)29(23,27)28)25-9-11(8-24-25)17(20)21/h1-9,16-17H,(H2,22,26)(H2,23,27,28). The van der Waals surface area contributed by atoms with Crippen molar-refractivity contribution in [3.05, 3.63) is 76.6 Å². The van der Waals surface area contributed by atoms with Gasteiger partial charge in [0.2, 0.25) is 15.9 Å². The van der Waals surface area contributed by atoms with Crippen LogP contribution in [0.25, 0.3) is 5.69 Å². The van der Waals surface area contributed by atoms with Gasteiger partial charge in [0, 0.05) is 11.2 Å². The number of primary sulfonamides is 1. The van der Waals surface area contributed by atoms with E-state index in [1.165, 1.54) is 12.1 Å². The summed E-state index contributed by atoms with van der Waals surface area (Å²) in [6.07, 6.45) is -0.865. The van der Waals surface area contributed by atoms with E-state index in [-0.39, 0.29) is 21.8 Å². The number of primary amides is 1. The Hall–Kier alpha value is -2.82. The van der Waals surface area contributed by atoms with E-state index >= 15 is 0 Å². The number of hydrogen-bond donors (Lipinski definition) is 2. The van der Waals surface area contributed by atoms with Gasteiger partial charge in [-0.25, -0.2) is 27.0 Å². The van der Waals surface area contributed by atoms with Gasteiger partial charge in [0.15, 0.2) is 0 Å². The lowest BCUT2D eigenvalue weighted by atomic mass is 9.90. The zero-order valence-electron chi connectivity index (χ0n) is 14.7. The van der Waals surface area contributed by atoms with E-state index in [0.717, 1.165) is 23.1 Å². The van der Waals surface area contributed by atoms with Crippen molar-refractivity contribution in [2.24, 2.45) is 10.9 Å². The highest BCUT2D eigenvalue weighted by Crippen LogP contribution is 2.33. The second-order valence-electron chi connectivity index (χ2n) is 6.15. The van der Waals surface area contributed by atoms with Crippen LogP contribution in [0.4, 0.5) is 8.78 Å². The number of halogens is 3. The van der Waals surface area contributed by atoms with Gasteiger partial charge in [0.25, 0.3) is 6.43 Å². The highest BCUT2D eigenvalue weighted by molar-refractivity contribution is 7.89. The average Bonchev–Trinajstić information content (AvgIpc) is 3.13. The predicted octanol–water partition coefficient (Wildman–Crippen LogP) is 2.73. The maximum Gasteiger partial charge on any atom is 0.266 e. The Bertz CT molecular complexity index is 1180. The Morgan fingerprint density at radius 3 is 2.38 bits per heavy atom. The van der Waals surface area contributed by atoms with Crippen LogP contribution in [-0.2, 0) is 14.8 Å². The third-order valence-corrected chi connectivity index (χ3v) is 5.51. The van der Waals surface area contributed by atoms with Crippen molar-refractivity contribution in [1.29, 1.82) is 0 Å². The number of hydrogen-bond acceptors (Lipinski definition) is 4. The summed E-state index contributed by atoms with van der Waals surface area (Å²) < 4.78 is 51.0. The molecule has 1 amide bonds. The third-order valence-electron chi connectivity index (χ3n) is 4.23. The highest BCUT2D eigenvalue weighted by atomic mass is 35.5. The molecule has 152 valence electrons. The number of nitrogens with zero attached hydrogens (tertiary/aromatic N) is 2. The minimum absolute atomic E-state index is 0.0504. The molecule has 0 aliphatic carbocycles. The molecule has 0 saturated carbocycles. The second-order valence-corrected chi connectivity index (χ2v) is 8.09. The molecular formula is C18H15ClF2N4O3S. The molecule has 1 heterocycles. The van der Waals surface area contributed by atoms with Crippen LogP contribution >= 0.6 is 11.6 Å². The summed E-state index contributed by atoms with van der Waals surface area (Å²) >= 11 is 6.17. The van der Waals surface area contributed by atoms with Crippen molar-refractivity contribution in [3.63, 3.8) is 0 Å². The fourth-order valence-corrected chi connectivity index (χ4v) is 3.91. The largest absolute Gasteiger partial charge is 0.369 e. The van der Waals surface area contributed by atoms with E-state index in [0.29, 0.717) is 5.56 Å². The Kier molecular flexibility index (Phi) is 5.69. The van der Waals surface area contributed by atoms with Crippen LogP contribution in [0.3, 0.4) is 0 Å². The summed E-state index contributed by atoms with van der Waals surface area (Å²) in [4.78, 5) is 11.7. The molecule has 0 spiro atoms. The van der Waals surface area contributed by atoms with Gasteiger partial charge in [-0.3, -0.25) is 4.79 Å². The molecule has 2 aromatic carbocycles. The highest BCUT2D eigenvalue weighted by Gasteiger charge is 2.26. The van der Waals surface area contributed by atoms with Crippen molar-refractivity contribution >= 4 is 27.5 Å². The summed E-state index contributed by atoms with van der Waals surface area (Å²) in [5, 5.41) is 9.35. The maximum absolute atomic E-state index is 12.9. The van der Waals surface area contributed by atoms with Crippen LogP contribution in [0.2, 0.25) is 5.02 Å². The van der Waals surface area contributed by atoms with E-state index < -0.39 is 33.2 Å². The SMILES string of the molecule is NC(=O)C(c1ccc(-n2cc(C(F)F)cn2)c(S(N)(=O)=O)c1)c1ccccc1Cl. The molecule has 0 bridgehead atoms. The van der Waals surface area contributed by atoms with Crippen LogP contribution in [0.15, 0.2) is 59.8 Å². The third kappa shape index (κ3) is 4.29. The smallest absolute Gasteiger partial charge is 0.266 e. The predicted molar refractivity (Wildman–Crippen MR) is 102 cm³/mol. The quantitative estimate of drug-likeness (QED) is 0.612. The Morgan fingerprint density at radius 2 is 1.83 bits per heavy atom. The minimum atomic E-state index is -4.30. The van der Waals surface area contributed by atoms with Crippen molar-refractivity contribution in [2.45, 2.75) is 17.2 Å². The van der Waals surface area contributed by atoms with Gasteiger partial charge in [-0.05, 0) is 29.3 Å². The zero-order valence-corrected chi connectivity index (χ0v) is 16.2. The lowest BCUT2D eigenvalue weighted by Gasteiger charge is -2.18. The molecule has 0 aliphatic rings. The van der Waals surface area contributed by atoms with Gasteiger partial charge in [-0.2, -0.15) is 5.10 Å². The second kappa shape index (κ2) is 7.90. The molecule has 1 atom stereocenters. The number of aromatic nitrogens is 2. The summed E-state index contributed by atoms with van der Waals surface area (Å²) in [6.45, 7) is 0. The van der Waals surface area contributed by atoms with Crippen molar-refractivity contribution in [1.82, 2.24) is 9.78 Å². The maximum atomic E-state index is 12.9. The first-order valence-corrected chi connectivity index (χ1v) is 10.1. The van der Waals surface area contributed by atoms with Crippen LogP contribution in [0.5, 0.6) is 0 Å². The number of amides is 1. The minimum Gasteiger partial charge on any atom is -0.369 e. The summed E-state index contributed by atoms with van der Waals surface area (Å²) in [7, 11) is -4.30. The van der Waals surface area contributed by atoms with Crippen LogP contribution in [0.1, 0.15) is 29.0 Å². The molecule has 7 nitrogen and oxygen atoms in total. The monoisotopic (exact) mass is 440 g/mol. The first kappa shape index (κ1) is 20.9. The number of carbonyl (C=O) groups is 1. The van der Waals surface area contributed by atoms with Crippen LogP contribution < -0.4 is 10.9 Å². The van der Waals surface area contributed by atoms with E-state index in [1.54, 1.807) is 24.3 Å². The van der Waals surface area contributed by atoms with Gasteiger partial charge in [-0.1, -0.05) is 35.9 Å². The first-order chi connectivity index (χ1) is 13.6. The number of alkyl halides is 2. The molecule has 1 unspecified atom stereocenters. The molecule has 4 N–H and O–H groups in total. The fraction of sp³-hybridized carbons (Fsp3) is 0.111. The van der Waals surface area contributed by atoms with Gasteiger partial charge in [-0.15, -0.1) is 0 Å². The Morgan fingerprint density at radius 1 is 1.14 bits per heavy atom. The number of sulfonamides is 1. The Labute approximate surface area is 169 Å². The normalized spacial score (nSPS) is 12.9. The summed E-state index contributed by atoms with van der Waals surface area (Å²) in [5.41, 5.74) is 5.70. The molecule has 3 aromatic rings. The Balaban J connectivity index is 2.19. The fourth-order valence-electron chi connectivity index (χ4n) is 2.91. The lowest BCUT2D eigenvalue weighted by molar-refractivity contribution is -0.118. The van der Waals surface area contributed by atoms with Crippen LogP contribution in [-0.4, -0.2) is 24.1 Å². The molecule has 0 saturated heterocycles.